The van der Waals surface area contributed by atoms with Crippen molar-refractivity contribution in [3.05, 3.63) is 30.4 Å². The molecule has 1 heterocycles. The number of ether oxygens (including phenoxy) is 2. The van der Waals surface area contributed by atoms with Gasteiger partial charge < -0.3 is 14.6 Å². The lowest BCUT2D eigenvalue weighted by Gasteiger charge is -2.17. The predicted molar refractivity (Wildman–Crippen MR) is 106 cm³/mol. The molecule has 152 valence electrons. The normalized spacial score (nSPS) is 11.1. The minimum atomic E-state index is -0.517. The number of carbonyl (C=O) groups excluding carboxylic acids is 1. The van der Waals surface area contributed by atoms with Crippen LogP contribution < -0.4 is 4.74 Å². The summed E-state index contributed by atoms with van der Waals surface area (Å²) >= 11 is 0. The number of esters is 1. The summed E-state index contributed by atoms with van der Waals surface area (Å²) in [6.45, 7) is 8.37. The fraction of sp³-hybridized carbons (Fsp3) is 0.524. The quantitative estimate of drug-likeness (QED) is 0.477. The van der Waals surface area contributed by atoms with Gasteiger partial charge in [0.25, 0.3) is 0 Å². The number of phenolic OH excluding ortho intramolecular Hbond substituents is 1. The summed E-state index contributed by atoms with van der Waals surface area (Å²) in [5.74, 6) is 0.358. The topological polar surface area (TPSA) is 94.4 Å². The molecule has 1 aromatic heterocycles. The Balaban J connectivity index is 2.12. The van der Waals surface area contributed by atoms with E-state index in [-0.39, 0.29) is 23.2 Å². The van der Waals surface area contributed by atoms with E-state index in [4.69, 9.17) is 9.47 Å². The van der Waals surface area contributed by atoms with Gasteiger partial charge in [-0.15, -0.1) is 0 Å². The van der Waals surface area contributed by atoms with Gasteiger partial charge in [0.05, 0.1) is 18.3 Å². The lowest BCUT2D eigenvalue weighted by molar-refractivity contribution is 0.0490. The summed E-state index contributed by atoms with van der Waals surface area (Å²) < 4.78 is 11.1. The number of aromatic nitrogens is 3. The largest absolute Gasteiger partial charge is 0.504 e. The van der Waals surface area contributed by atoms with Gasteiger partial charge in [0, 0.05) is 0 Å². The maximum Gasteiger partial charge on any atom is 0.342 e. The SMILES string of the molecule is CC(C)CCCCCOC(=O)c1ccc(-c2ncncn2)c(O)c1OC(C)C. The van der Waals surface area contributed by atoms with E-state index in [9.17, 15) is 9.90 Å². The summed E-state index contributed by atoms with van der Waals surface area (Å²) in [6.07, 6.45) is 6.57. The van der Waals surface area contributed by atoms with E-state index in [1.165, 1.54) is 19.1 Å². The van der Waals surface area contributed by atoms with Crippen molar-refractivity contribution >= 4 is 5.97 Å². The molecule has 0 aliphatic carbocycles. The standard InChI is InChI=1S/C21H29N3O4/c1-14(2)8-6-5-7-11-27-21(26)17-10-9-16(20-23-12-22-13-24-20)18(25)19(17)28-15(3)4/h9-10,12-15,25H,5-8,11H2,1-4H3. The van der Waals surface area contributed by atoms with Crippen LogP contribution in [0.25, 0.3) is 11.4 Å². The molecule has 0 saturated carbocycles. The predicted octanol–water partition coefficient (Wildman–Crippen LogP) is 4.40. The maximum absolute atomic E-state index is 12.5. The average molecular weight is 387 g/mol. The smallest absolute Gasteiger partial charge is 0.342 e. The highest BCUT2D eigenvalue weighted by Crippen LogP contribution is 2.39. The molecule has 0 unspecified atom stereocenters. The number of hydrogen-bond donors (Lipinski definition) is 1. The highest BCUT2D eigenvalue weighted by Gasteiger charge is 2.23. The minimum Gasteiger partial charge on any atom is -0.504 e. The molecular formula is C21H29N3O4. The van der Waals surface area contributed by atoms with E-state index in [0.29, 0.717) is 23.9 Å². The first-order chi connectivity index (χ1) is 13.4. The first kappa shape index (κ1) is 21.6. The van der Waals surface area contributed by atoms with Crippen LogP contribution in [-0.2, 0) is 4.74 Å². The number of aromatic hydroxyl groups is 1. The molecule has 2 aromatic rings. The summed E-state index contributed by atoms with van der Waals surface area (Å²) in [5.41, 5.74) is 0.550. The number of nitrogens with zero attached hydrogens (tertiary/aromatic N) is 3. The molecule has 0 aliphatic heterocycles. The van der Waals surface area contributed by atoms with Gasteiger partial charge in [0.2, 0.25) is 0 Å². The van der Waals surface area contributed by atoms with Crippen molar-refractivity contribution in [1.82, 2.24) is 15.0 Å². The fourth-order valence-electron chi connectivity index (χ4n) is 2.72. The Morgan fingerprint density at radius 1 is 1.07 bits per heavy atom. The molecule has 0 spiro atoms. The molecule has 7 heteroatoms. The van der Waals surface area contributed by atoms with Crippen LogP contribution in [0.15, 0.2) is 24.8 Å². The molecule has 7 nitrogen and oxygen atoms in total. The van der Waals surface area contributed by atoms with Crippen molar-refractivity contribution in [2.75, 3.05) is 6.61 Å². The van der Waals surface area contributed by atoms with Crippen LogP contribution >= 0.6 is 0 Å². The average Bonchev–Trinajstić information content (AvgIpc) is 2.66. The lowest BCUT2D eigenvalue weighted by Crippen LogP contribution is -2.13. The van der Waals surface area contributed by atoms with E-state index in [0.717, 1.165) is 19.3 Å². The van der Waals surface area contributed by atoms with E-state index in [1.807, 2.05) is 13.8 Å². The van der Waals surface area contributed by atoms with E-state index in [1.54, 1.807) is 12.1 Å². The molecule has 0 bridgehead atoms. The monoisotopic (exact) mass is 387 g/mol. The summed E-state index contributed by atoms with van der Waals surface area (Å²) in [5, 5.41) is 10.7. The Morgan fingerprint density at radius 3 is 2.43 bits per heavy atom. The van der Waals surface area contributed by atoms with Crippen LogP contribution in [-0.4, -0.2) is 38.7 Å². The Labute approximate surface area is 166 Å². The molecule has 0 aliphatic rings. The van der Waals surface area contributed by atoms with E-state index >= 15 is 0 Å². The minimum absolute atomic E-state index is 0.0812. The van der Waals surface area contributed by atoms with Crippen LogP contribution in [0.2, 0.25) is 0 Å². The Morgan fingerprint density at radius 2 is 1.79 bits per heavy atom. The van der Waals surface area contributed by atoms with Crippen LogP contribution in [0.5, 0.6) is 11.5 Å². The summed E-state index contributed by atoms with van der Waals surface area (Å²) in [7, 11) is 0. The van der Waals surface area contributed by atoms with Gasteiger partial charge in [0.1, 0.15) is 18.2 Å². The molecule has 28 heavy (non-hydrogen) atoms. The van der Waals surface area contributed by atoms with Gasteiger partial charge in [-0.1, -0.05) is 33.1 Å². The lowest BCUT2D eigenvalue weighted by atomic mass is 10.1. The van der Waals surface area contributed by atoms with Crippen LogP contribution in [0.3, 0.4) is 0 Å². The van der Waals surface area contributed by atoms with E-state index < -0.39 is 5.97 Å². The van der Waals surface area contributed by atoms with E-state index in [2.05, 4.69) is 28.8 Å². The number of rotatable bonds is 10. The zero-order valence-electron chi connectivity index (χ0n) is 17.0. The van der Waals surface area contributed by atoms with Crippen LogP contribution in [0, 0.1) is 5.92 Å². The number of phenols is 1. The van der Waals surface area contributed by atoms with Gasteiger partial charge >= 0.3 is 5.97 Å². The second-order valence-corrected chi connectivity index (χ2v) is 7.35. The highest BCUT2D eigenvalue weighted by atomic mass is 16.5. The van der Waals surface area contributed by atoms with Crippen molar-refractivity contribution in [3.8, 4) is 22.9 Å². The van der Waals surface area contributed by atoms with Gasteiger partial charge in [-0.05, 0) is 38.3 Å². The Kier molecular flexibility index (Phi) is 8.17. The zero-order chi connectivity index (χ0) is 20.5. The second kappa shape index (κ2) is 10.6. The third-order valence-corrected chi connectivity index (χ3v) is 4.10. The molecule has 0 saturated heterocycles. The molecule has 2 rings (SSSR count). The molecule has 0 atom stereocenters. The first-order valence-electron chi connectivity index (χ1n) is 9.72. The Hall–Kier alpha value is -2.70. The number of carbonyl (C=O) groups is 1. The molecule has 1 aromatic carbocycles. The van der Waals surface area contributed by atoms with Crippen molar-refractivity contribution in [2.45, 2.75) is 59.5 Å². The van der Waals surface area contributed by atoms with Crippen LogP contribution in [0.1, 0.15) is 63.7 Å². The summed E-state index contributed by atoms with van der Waals surface area (Å²) in [6, 6.07) is 3.15. The number of benzene rings is 1. The third-order valence-electron chi connectivity index (χ3n) is 4.10. The second-order valence-electron chi connectivity index (χ2n) is 7.35. The summed E-state index contributed by atoms with van der Waals surface area (Å²) in [4.78, 5) is 24.4. The molecule has 1 N–H and O–H groups in total. The van der Waals surface area contributed by atoms with Gasteiger partial charge in [-0.25, -0.2) is 19.7 Å². The van der Waals surface area contributed by atoms with Crippen molar-refractivity contribution in [3.63, 3.8) is 0 Å². The maximum atomic E-state index is 12.5. The molecule has 0 fully saturated rings. The first-order valence-corrected chi connectivity index (χ1v) is 9.72. The fourth-order valence-corrected chi connectivity index (χ4v) is 2.72. The third kappa shape index (κ3) is 6.18. The van der Waals surface area contributed by atoms with Crippen molar-refractivity contribution in [1.29, 1.82) is 0 Å². The molecule has 0 amide bonds. The van der Waals surface area contributed by atoms with Crippen molar-refractivity contribution in [2.24, 2.45) is 5.92 Å². The van der Waals surface area contributed by atoms with Gasteiger partial charge in [-0.2, -0.15) is 0 Å². The Bertz CT molecular complexity index is 764. The molecule has 0 radical (unpaired) electrons. The molecular weight excluding hydrogens is 358 g/mol. The van der Waals surface area contributed by atoms with Crippen LogP contribution in [0.4, 0.5) is 0 Å². The zero-order valence-corrected chi connectivity index (χ0v) is 17.0. The van der Waals surface area contributed by atoms with Crippen molar-refractivity contribution < 1.29 is 19.4 Å². The number of unbranched alkanes of at least 4 members (excludes halogenated alkanes) is 2. The highest BCUT2D eigenvalue weighted by molar-refractivity contribution is 5.95. The van der Waals surface area contributed by atoms with Gasteiger partial charge in [0.15, 0.2) is 17.3 Å². The van der Waals surface area contributed by atoms with Gasteiger partial charge in [-0.3, -0.25) is 0 Å². The number of hydrogen-bond acceptors (Lipinski definition) is 7.